The van der Waals surface area contributed by atoms with Gasteiger partial charge in [0.25, 0.3) is 0 Å². The zero-order valence-electron chi connectivity index (χ0n) is 23.2. The molecule has 0 aliphatic rings. The van der Waals surface area contributed by atoms with E-state index in [1.165, 1.54) is 10.8 Å². The molecule has 3 nitrogen and oxygen atoms in total. The summed E-state index contributed by atoms with van der Waals surface area (Å²) in [6, 6.07) is 53.3. The van der Waals surface area contributed by atoms with Gasteiger partial charge in [0.05, 0.1) is 5.69 Å². The minimum atomic E-state index is 0.889. The number of furan rings is 2. The molecule has 0 bridgehead atoms. The van der Waals surface area contributed by atoms with Gasteiger partial charge in [0, 0.05) is 38.3 Å². The van der Waals surface area contributed by atoms with Gasteiger partial charge in [-0.3, -0.25) is 0 Å². The maximum absolute atomic E-state index is 6.16. The molecule has 0 unspecified atom stereocenters. The van der Waals surface area contributed by atoms with Gasteiger partial charge in [-0.25, -0.2) is 0 Å². The molecule has 0 fully saturated rings. The molecule has 0 N–H and O–H groups in total. The van der Waals surface area contributed by atoms with Crippen molar-refractivity contribution in [3.8, 4) is 11.1 Å². The molecule has 2 aromatic heterocycles. The van der Waals surface area contributed by atoms with Gasteiger partial charge in [-0.1, -0.05) is 91.0 Å². The fourth-order valence-corrected chi connectivity index (χ4v) is 6.39. The van der Waals surface area contributed by atoms with Gasteiger partial charge in [-0.15, -0.1) is 0 Å². The van der Waals surface area contributed by atoms with Crippen LogP contribution in [-0.2, 0) is 0 Å². The fraction of sp³-hybridized carbons (Fsp3) is 0. The second kappa shape index (κ2) is 9.37. The van der Waals surface area contributed by atoms with E-state index in [0.717, 1.165) is 72.1 Å². The van der Waals surface area contributed by atoms with E-state index in [1.54, 1.807) is 0 Å². The lowest BCUT2D eigenvalue weighted by Gasteiger charge is -2.27. The van der Waals surface area contributed by atoms with E-state index in [2.05, 4.69) is 132 Å². The number of hydrogen-bond acceptors (Lipinski definition) is 3. The predicted octanol–water partition coefficient (Wildman–Crippen LogP) is 11.8. The van der Waals surface area contributed by atoms with Crippen molar-refractivity contribution in [3.05, 3.63) is 152 Å². The summed E-state index contributed by atoms with van der Waals surface area (Å²) in [7, 11) is 0. The number of nitrogens with zero attached hydrogens (tertiary/aromatic N) is 1. The summed E-state index contributed by atoms with van der Waals surface area (Å²) in [5, 5.41) is 6.90. The SMILES string of the molecule is c1ccc2c(N(c3ccc(-c4ccc5oc6ccccc6c5c4)cc3)c3ccc4oc5ccccc5c4c3)cccc2c1. The summed E-state index contributed by atoms with van der Waals surface area (Å²) in [5.74, 6) is 0. The van der Waals surface area contributed by atoms with Crippen LogP contribution in [0.2, 0.25) is 0 Å². The quantitative estimate of drug-likeness (QED) is 0.218. The first kappa shape index (κ1) is 23.9. The van der Waals surface area contributed by atoms with Crippen molar-refractivity contribution in [1.82, 2.24) is 0 Å². The fourth-order valence-electron chi connectivity index (χ4n) is 6.39. The van der Waals surface area contributed by atoms with E-state index in [4.69, 9.17) is 8.83 Å². The van der Waals surface area contributed by atoms with Gasteiger partial charge in [0.2, 0.25) is 0 Å². The molecule has 0 saturated carbocycles. The van der Waals surface area contributed by atoms with Crippen LogP contribution in [0.5, 0.6) is 0 Å². The van der Waals surface area contributed by atoms with Crippen LogP contribution >= 0.6 is 0 Å². The van der Waals surface area contributed by atoms with Crippen molar-refractivity contribution in [2.24, 2.45) is 0 Å². The smallest absolute Gasteiger partial charge is 0.135 e. The van der Waals surface area contributed by atoms with Crippen LogP contribution in [0.3, 0.4) is 0 Å². The zero-order valence-corrected chi connectivity index (χ0v) is 23.2. The van der Waals surface area contributed by atoms with Gasteiger partial charge in [0.1, 0.15) is 22.3 Å². The molecule has 43 heavy (non-hydrogen) atoms. The van der Waals surface area contributed by atoms with Crippen LogP contribution in [-0.4, -0.2) is 0 Å². The van der Waals surface area contributed by atoms with Crippen LogP contribution in [0.15, 0.2) is 160 Å². The first-order valence-corrected chi connectivity index (χ1v) is 14.5. The summed E-state index contributed by atoms with van der Waals surface area (Å²) >= 11 is 0. The number of anilines is 3. The highest BCUT2D eigenvalue weighted by atomic mass is 16.3. The Morgan fingerprint density at radius 3 is 1.63 bits per heavy atom. The van der Waals surface area contributed by atoms with Crippen molar-refractivity contribution in [3.63, 3.8) is 0 Å². The molecule has 0 amide bonds. The van der Waals surface area contributed by atoms with Crippen molar-refractivity contribution in [2.45, 2.75) is 0 Å². The summed E-state index contributed by atoms with van der Waals surface area (Å²) in [6.45, 7) is 0. The van der Waals surface area contributed by atoms with Gasteiger partial charge in [-0.2, -0.15) is 0 Å². The molecule has 3 heteroatoms. The Labute approximate surface area is 247 Å². The highest BCUT2D eigenvalue weighted by Gasteiger charge is 2.18. The average molecular weight is 552 g/mol. The Hall–Kier alpha value is -5.80. The third-order valence-electron chi connectivity index (χ3n) is 8.46. The second-order valence-corrected chi connectivity index (χ2v) is 11.0. The topological polar surface area (TPSA) is 29.5 Å². The summed E-state index contributed by atoms with van der Waals surface area (Å²) in [5.41, 5.74) is 9.22. The summed E-state index contributed by atoms with van der Waals surface area (Å²) in [4.78, 5) is 2.35. The molecule has 0 saturated heterocycles. The molecular weight excluding hydrogens is 526 g/mol. The van der Waals surface area contributed by atoms with Crippen LogP contribution in [0.4, 0.5) is 17.1 Å². The molecule has 9 rings (SSSR count). The Bertz CT molecular complexity index is 2460. The molecule has 0 radical (unpaired) electrons. The van der Waals surface area contributed by atoms with Crippen LogP contribution in [0.1, 0.15) is 0 Å². The number of hydrogen-bond donors (Lipinski definition) is 0. The minimum absolute atomic E-state index is 0.889. The van der Waals surface area contributed by atoms with Crippen LogP contribution in [0, 0.1) is 0 Å². The first-order valence-electron chi connectivity index (χ1n) is 14.5. The lowest BCUT2D eigenvalue weighted by molar-refractivity contribution is 0.668. The normalized spacial score (nSPS) is 11.7. The highest BCUT2D eigenvalue weighted by molar-refractivity contribution is 6.08. The average Bonchev–Trinajstić information content (AvgIpc) is 3.63. The maximum atomic E-state index is 6.16. The second-order valence-electron chi connectivity index (χ2n) is 11.0. The van der Waals surface area contributed by atoms with E-state index >= 15 is 0 Å². The molecule has 9 aromatic rings. The summed E-state index contributed by atoms with van der Waals surface area (Å²) < 4.78 is 12.2. The van der Waals surface area contributed by atoms with Gasteiger partial charge >= 0.3 is 0 Å². The Kier molecular flexibility index (Phi) is 5.20. The first-order chi connectivity index (χ1) is 21.3. The monoisotopic (exact) mass is 551 g/mol. The number of rotatable bonds is 4. The van der Waals surface area contributed by atoms with Crippen molar-refractivity contribution in [1.29, 1.82) is 0 Å². The third kappa shape index (κ3) is 3.83. The third-order valence-corrected chi connectivity index (χ3v) is 8.46. The van der Waals surface area contributed by atoms with E-state index in [-0.39, 0.29) is 0 Å². The van der Waals surface area contributed by atoms with Crippen LogP contribution < -0.4 is 4.90 Å². The highest BCUT2D eigenvalue weighted by Crippen LogP contribution is 2.42. The Morgan fingerprint density at radius 1 is 0.349 bits per heavy atom. The molecule has 2 heterocycles. The van der Waals surface area contributed by atoms with Gasteiger partial charge < -0.3 is 13.7 Å². The van der Waals surface area contributed by atoms with Crippen molar-refractivity contribution in [2.75, 3.05) is 4.90 Å². The molecule has 0 spiro atoms. The van der Waals surface area contributed by atoms with Crippen molar-refractivity contribution >= 4 is 71.7 Å². The molecule has 0 atom stereocenters. The van der Waals surface area contributed by atoms with Crippen molar-refractivity contribution < 1.29 is 8.83 Å². The van der Waals surface area contributed by atoms with E-state index in [9.17, 15) is 0 Å². The minimum Gasteiger partial charge on any atom is -0.456 e. The van der Waals surface area contributed by atoms with Gasteiger partial charge in [0.15, 0.2) is 0 Å². The Balaban J connectivity index is 1.20. The standard InChI is InChI=1S/C40H25NO2/c1-2-10-31-27(8-1)9-7-13-36(31)41(30-21-23-40-35(25-30)33-12-4-6-15-38(33)43-40)29-19-16-26(17-20-29)28-18-22-39-34(24-28)32-11-3-5-14-37(32)42-39/h1-25H. The largest absolute Gasteiger partial charge is 0.456 e. The molecule has 7 aromatic carbocycles. The molecule has 0 aliphatic heterocycles. The molecule has 0 aliphatic carbocycles. The number of para-hydroxylation sites is 2. The lowest BCUT2D eigenvalue weighted by atomic mass is 10.0. The lowest BCUT2D eigenvalue weighted by Crippen LogP contribution is -2.10. The molecule has 202 valence electrons. The predicted molar refractivity (Wildman–Crippen MR) is 179 cm³/mol. The Morgan fingerprint density at radius 2 is 0.884 bits per heavy atom. The number of fused-ring (bicyclic) bond motifs is 7. The number of benzene rings is 7. The zero-order chi connectivity index (χ0) is 28.3. The van der Waals surface area contributed by atoms with Gasteiger partial charge in [-0.05, 0) is 77.2 Å². The van der Waals surface area contributed by atoms with E-state index in [1.807, 2.05) is 24.3 Å². The van der Waals surface area contributed by atoms with Crippen LogP contribution in [0.25, 0.3) is 65.8 Å². The summed E-state index contributed by atoms with van der Waals surface area (Å²) in [6.07, 6.45) is 0. The van der Waals surface area contributed by atoms with E-state index in [0.29, 0.717) is 0 Å². The van der Waals surface area contributed by atoms with E-state index < -0.39 is 0 Å². The molecular formula is C40H25NO2. The maximum Gasteiger partial charge on any atom is 0.135 e.